The van der Waals surface area contributed by atoms with Crippen molar-refractivity contribution in [1.29, 1.82) is 0 Å². The normalized spacial score (nSPS) is 15.0. The molecule has 1 saturated carbocycles. The van der Waals surface area contributed by atoms with Crippen molar-refractivity contribution < 1.29 is 0 Å². The number of pyridine rings is 1. The van der Waals surface area contributed by atoms with Crippen molar-refractivity contribution in [2.24, 2.45) is 5.73 Å². The van der Waals surface area contributed by atoms with Crippen LogP contribution < -0.4 is 11.1 Å². The van der Waals surface area contributed by atoms with Crippen LogP contribution in [0, 0.1) is 6.92 Å². The van der Waals surface area contributed by atoms with Gasteiger partial charge in [0.15, 0.2) is 0 Å². The molecule has 0 saturated heterocycles. The molecular formula is C33H44N4. The van der Waals surface area contributed by atoms with Crippen LogP contribution in [0.2, 0.25) is 0 Å². The molecule has 3 N–H and O–H groups in total. The summed E-state index contributed by atoms with van der Waals surface area (Å²) >= 11 is 0. The van der Waals surface area contributed by atoms with E-state index < -0.39 is 0 Å². The van der Waals surface area contributed by atoms with Crippen molar-refractivity contribution >= 4 is 10.9 Å². The summed E-state index contributed by atoms with van der Waals surface area (Å²) in [5.41, 5.74) is 13.8. The highest BCUT2D eigenvalue weighted by molar-refractivity contribution is 5.89. The Balaban J connectivity index is 0.00000320. The summed E-state index contributed by atoms with van der Waals surface area (Å²) in [5, 5.41) is 5.02. The second kappa shape index (κ2) is 13.0. The van der Waals surface area contributed by atoms with Gasteiger partial charge in [0.2, 0.25) is 0 Å². The molecule has 1 unspecified atom stereocenters. The number of aryl methyl sites for hydroxylation is 1. The van der Waals surface area contributed by atoms with Gasteiger partial charge in [0.1, 0.15) is 0 Å². The Morgan fingerprint density at radius 2 is 1.78 bits per heavy atom. The molecule has 0 amide bonds. The Labute approximate surface area is 223 Å². The molecule has 2 aromatic carbocycles. The molecule has 4 aromatic rings. The molecule has 1 aliphatic carbocycles. The Morgan fingerprint density at radius 1 is 0.973 bits per heavy atom. The first kappa shape index (κ1) is 27.1. The third-order valence-electron chi connectivity index (χ3n) is 7.83. The lowest BCUT2D eigenvalue weighted by Crippen LogP contribution is -2.21. The Morgan fingerprint density at radius 3 is 2.54 bits per heavy atom. The van der Waals surface area contributed by atoms with E-state index in [1.165, 1.54) is 70.8 Å². The molecule has 2 aromatic heterocycles. The number of hydrogen-bond acceptors (Lipinski definition) is 3. The van der Waals surface area contributed by atoms with Crippen molar-refractivity contribution in [1.82, 2.24) is 14.9 Å². The zero-order valence-corrected chi connectivity index (χ0v) is 21.6. The minimum atomic E-state index is 0. The molecule has 0 bridgehead atoms. The van der Waals surface area contributed by atoms with Crippen molar-refractivity contribution in [3.8, 4) is 11.1 Å². The summed E-state index contributed by atoms with van der Waals surface area (Å²) < 4.78 is 2.62. The van der Waals surface area contributed by atoms with Gasteiger partial charge in [-0.05, 0) is 98.8 Å². The number of nitrogens with two attached hydrogens (primary N) is 1. The summed E-state index contributed by atoms with van der Waals surface area (Å²) in [6, 6.07) is 21.0. The first-order chi connectivity index (χ1) is 17.7. The number of aromatic nitrogens is 2. The van der Waals surface area contributed by atoms with E-state index in [1.54, 1.807) is 0 Å². The van der Waals surface area contributed by atoms with Gasteiger partial charge in [-0.1, -0.05) is 62.6 Å². The van der Waals surface area contributed by atoms with E-state index in [1.807, 2.05) is 12.4 Å². The summed E-state index contributed by atoms with van der Waals surface area (Å²) in [4.78, 5) is 4.23. The van der Waals surface area contributed by atoms with Crippen LogP contribution in [0.4, 0.5) is 0 Å². The zero-order chi connectivity index (χ0) is 24.7. The van der Waals surface area contributed by atoms with E-state index in [4.69, 9.17) is 5.73 Å². The number of nitrogens with zero attached hydrogens (tertiary/aromatic N) is 2. The molecule has 0 spiro atoms. The molecule has 4 heteroatoms. The predicted octanol–water partition coefficient (Wildman–Crippen LogP) is 7.61. The monoisotopic (exact) mass is 496 g/mol. The van der Waals surface area contributed by atoms with E-state index >= 15 is 0 Å². The summed E-state index contributed by atoms with van der Waals surface area (Å²) in [6.45, 7) is 4.90. The third kappa shape index (κ3) is 6.31. The molecule has 2 heterocycles. The highest BCUT2D eigenvalue weighted by atomic mass is 15.0. The molecule has 0 radical (unpaired) electrons. The fourth-order valence-electron chi connectivity index (χ4n) is 5.93. The SMILES string of the molecule is C.Cc1cccc(C(CCNCCCN)c2cn(C3CCCCC3)c3ccc(-c4ccncc4)cc23)c1. The standard InChI is InChI=1S/C32H40N4.CH4/c1-24-7-5-8-27(21-24)29(15-20-34-17-6-16-33)31-23-36(28-9-3-2-4-10-28)32-12-11-26(22-30(31)32)25-13-18-35-19-14-25;/h5,7-8,11-14,18-19,21-23,28-29,34H,2-4,6,9-10,15-17,20,33H2,1H3;1H4. The lowest BCUT2D eigenvalue weighted by molar-refractivity contribution is 0.360. The lowest BCUT2D eigenvalue weighted by atomic mass is 9.87. The minimum Gasteiger partial charge on any atom is -0.344 e. The Bertz CT molecular complexity index is 1250. The maximum Gasteiger partial charge on any atom is 0.0486 e. The number of benzene rings is 2. The van der Waals surface area contributed by atoms with Gasteiger partial charge in [-0.15, -0.1) is 0 Å². The van der Waals surface area contributed by atoms with Gasteiger partial charge in [-0.25, -0.2) is 0 Å². The van der Waals surface area contributed by atoms with Crippen molar-refractivity contribution in [2.45, 2.75) is 71.3 Å². The third-order valence-corrected chi connectivity index (χ3v) is 7.83. The van der Waals surface area contributed by atoms with Gasteiger partial charge in [0.25, 0.3) is 0 Å². The summed E-state index contributed by atoms with van der Waals surface area (Å²) in [5.74, 6) is 0.343. The Hall–Kier alpha value is -2.95. The van der Waals surface area contributed by atoms with E-state index in [0.717, 1.165) is 32.5 Å². The van der Waals surface area contributed by atoms with Crippen LogP contribution >= 0.6 is 0 Å². The van der Waals surface area contributed by atoms with E-state index in [-0.39, 0.29) is 7.43 Å². The molecular weight excluding hydrogens is 452 g/mol. The summed E-state index contributed by atoms with van der Waals surface area (Å²) in [7, 11) is 0. The molecule has 0 aliphatic heterocycles. The highest BCUT2D eigenvalue weighted by Gasteiger charge is 2.24. The topological polar surface area (TPSA) is 55.9 Å². The van der Waals surface area contributed by atoms with Gasteiger partial charge in [0, 0.05) is 41.5 Å². The van der Waals surface area contributed by atoms with Crippen LogP contribution in [0.3, 0.4) is 0 Å². The fraction of sp³-hybridized carbons (Fsp3) is 0.424. The first-order valence-electron chi connectivity index (χ1n) is 13.8. The van der Waals surface area contributed by atoms with Crippen molar-refractivity contribution in [3.63, 3.8) is 0 Å². The second-order valence-corrected chi connectivity index (χ2v) is 10.4. The van der Waals surface area contributed by atoms with Crippen LogP contribution in [0.5, 0.6) is 0 Å². The van der Waals surface area contributed by atoms with Crippen LogP contribution in [0.15, 0.2) is 73.2 Å². The minimum absolute atomic E-state index is 0. The average molecular weight is 497 g/mol. The molecule has 1 aliphatic rings. The Kier molecular flexibility index (Phi) is 9.54. The van der Waals surface area contributed by atoms with Gasteiger partial charge in [-0.3, -0.25) is 4.98 Å². The number of hydrogen-bond donors (Lipinski definition) is 2. The smallest absolute Gasteiger partial charge is 0.0486 e. The molecule has 5 rings (SSSR count). The van der Waals surface area contributed by atoms with E-state index in [9.17, 15) is 0 Å². The van der Waals surface area contributed by atoms with Crippen molar-refractivity contribution in [3.05, 3.63) is 89.9 Å². The zero-order valence-electron chi connectivity index (χ0n) is 21.6. The van der Waals surface area contributed by atoms with E-state index in [2.05, 4.69) is 82.6 Å². The molecule has 1 atom stereocenters. The van der Waals surface area contributed by atoms with Crippen LogP contribution in [-0.4, -0.2) is 29.2 Å². The van der Waals surface area contributed by atoms with Crippen LogP contribution in [-0.2, 0) is 0 Å². The van der Waals surface area contributed by atoms with Crippen LogP contribution in [0.1, 0.15) is 81.0 Å². The highest BCUT2D eigenvalue weighted by Crippen LogP contribution is 2.40. The molecule has 196 valence electrons. The van der Waals surface area contributed by atoms with Gasteiger partial charge < -0.3 is 15.6 Å². The fourth-order valence-corrected chi connectivity index (χ4v) is 5.93. The summed E-state index contributed by atoms with van der Waals surface area (Å²) in [6.07, 6.45) is 15.0. The van der Waals surface area contributed by atoms with Crippen molar-refractivity contribution in [2.75, 3.05) is 19.6 Å². The first-order valence-corrected chi connectivity index (χ1v) is 13.8. The largest absolute Gasteiger partial charge is 0.344 e. The number of fused-ring (bicyclic) bond motifs is 1. The maximum absolute atomic E-state index is 5.72. The average Bonchev–Trinajstić information content (AvgIpc) is 3.30. The lowest BCUT2D eigenvalue weighted by Gasteiger charge is -2.24. The second-order valence-electron chi connectivity index (χ2n) is 10.4. The van der Waals surface area contributed by atoms with Gasteiger partial charge in [0.05, 0.1) is 0 Å². The van der Waals surface area contributed by atoms with E-state index in [0.29, 0.717) is 12.0 Å². The van der Waals surface area contributed by atoms with Gasteiger partial charge >= 0.3 is 0 Å². The maximum atomic E-state index is 5.72. The predicted molar refractivity (Wildman–Crippen MR) is 158 cm³/mol. The number of rotatable bonds is 10. The van der Waals surface area contributed by atoms with Gasteiger partial charge in [-0.2, -0.15) is 0 Å². The molecule has 1 fully saturated rings. The molecule has 37 heavy (non-hydrogen) atoms. The van der Waals surface area contributed by atoms with Crippen LogP contribution in [0.25, 0.3) is 22.0 Å². The quantitative estimate of drug-likeness (QED) is 0.222. The molecule has 4 nitrogen and oxygen atoms in total. The number of nitrogens with one attached hydrogen (secondary N) is 1.